The maximum Gasteiger partial charge on any atom is 0.241 e. The molecule has 0 saturated heterocycles. The van der Waals surface area contributed by atoms with Gasteiger partial charge in [-0.05, 0) is 68.4 Å². The number of methoxy groups -OCH3 is 1. The molecular formula is C22H26N4O5S. The second kappa shape index (κ2) is 10.2. The molecule has 0 bridgehead atoms. The molecule has 3 aromatic rings. The molecule has 0 unspecified atom stereocenters. The van der Waals surface area contributed by atoms with Crippen LogP contribution in [-0.2, 0) is 21.4 Å². The third kappa shape index (κ3) is 6.74. The second-order valence-corrected chi connectivity index (χ2v) is 9.00. The lowest BCUT2D eigenvalue weighted by Crippen LogP contribution is -2.32. The number of ether oxygens (including phenoxy) is 2. The van der Waals surface area contributed by atoms with Crippen LogP contribution in [0.25, 0.3) is 5.69 Å². The van der Waals surface area contributed by atoms with Gasteiger partial charge < -0.3 is 14.8 Å². The number of anilines is 1. The first-order valence-corrected chi connectivity index (χ1v) is 11.6. The Morgan fingerprint density at radius 3 is 2.31 bits per heavy atom. The second-order valence-electron chi connectivity index (χ2n) is 7.28. The lowest BCUT2D eigenvalue weighted by molar-refractivity contribution is -0.118. The number of rotatable bonds is 10. The Kier molecular flexibility index (Phi) is 7.37. The molecule has 0 fully saturated rings. The van der Waals surface area contributed by atoms with Crippen LogP contribution in [0, 0.1) is 0 Å². The summed E-state index contributed by atoms with van der Waals surface area (Å²) in [6, 6.07) is 15.6. The van der Waals surface area contributed by atoms with Crippen molar-refractivity contribution in [2.45, 2.75) is 26.5 Å². The van der Waals surface area contributed by atoms with E-state index in [-0.39, 0.29) is 12.6 Å². The van der Waals surface area contributed by atoms with Crippen molar-refractivity contribution in [3.63, 3.8) is 0 Å². The first kappa shape index (κ1) is 23.1. The summed E-state index contributed by atoms with van der Waals surface area (Å²) in [5.41, 5.74) is 1.78. The topological polar surface area (TPSA) is 112 Å². The minimum Gasteiger partial charge on any atom is -0.497 e. The summed E-state index contributed by atoms with van der Waals surface area (Å²) >= 11 is 0. The summed E-state index contributed by atoms with van der Waals surface area (Å²) in [6.07, 6.45) is 1.78. The molecule has 10 heteroatoms. The van der Waals surface area contributed by atoms with Gasteiger partial charge in [0.15, 0.2) is 0 Å². The standard InChI is InChI=1S/C22H26N4O5S/c1-16(2)31-21-8-4-17(5-9-21)25-32(28,29)15-22(27)23-14-18-12-13-26(24-18)19-6-10-20(30-3)11-7-19/h4-13,16,25H,14-15H2,1-3H3,(H,23,27). The maximum atomic E-state index is 12.3. The van der Waals surface area contributed by atoms with Gasteiger partial charge in [0, 0.05) is 11.9 Å². The summed E-state index contributed by atoms with van der Waals surface area (Å²) < 4.78 is 39.3. The minimum atomic E-state index is -3.86. The predicted octanol–water partition coefficient (Wildman–Crippen LogP) is 2.73. The zero-order valence-electron chi connectivity index (χ0n) is 18.1. The Morgan fingerprint density at radius 2 is 1.69 bits per heavy atom. The van der Waals surface area contributed by atoms with E-state index in [1.807, 2.05) is 38.1 Å². The van der Waals surface area contributed by atoms with Gasteiger partial charge in [-0.25, -0.2) is 13.1 Å². The van der Waals surface area contributed by atoms with Gasteiger partial charge in [-0.15, -0.1) is 0 Å². The van der Waals surface area contributed by atoms with E-state index in [9.17, 15) is 13.2 Å². The maximum absolute atomic E-state index is 12.3. The molecule has 0 atom stereocenters. The van der Waals surface area contributed by atoms with Crippen molar-refractivity contribution in [2.75, 3.05) is 17.6 Å². The molecular weight excluding hydrogens is 432 g/mol. The van der Waals surface area contributed by atoms with Crippen molar-refractivity contribution in [2.24, 2.45) is 0 Å². The lowest BCUT2D eigenvalue weighted by atomic mass is 10.3. The van der Waals surface area contributed by atoms with Crippen molar-refractivity contribution in [3.05, 3.63) is 66.5 Å². The van der Waals surface area contributed by atoms with E-state index in [0.717, 1.165) is 11.4 Å². The van der Waals surface area contributed by atoms with Crippen LogP contribution >= 0.6 is 0 Å². The van der Waals surface area contributed by atoms with Crippen molar-refractivity contribution >= 4 is 21.6 Å². The van der Waals surface area contributed by atoms with Crippen LogP contribution < -0.4 is 19.5 Å². The van der Waals surface area contributed by atoms with Crippen LogP contribution in [0.5, 0.6) is 11.5 Å². The van der Waals surface area contributed by atoms with Gasteiger partial charge >= 0.3 is 0 Å². The van der Waals surface area contributed by atoms with Crippen LogP contribution in [0.1, 0.15) is 19.5 Å². The molecule has 3 rings (SSSR count). The zero-order valence-corrected chi connectivity index (χ0v) is 18.9. The first-order valence-electron chi connectivity index (χ1n) is 9.97. The average Bonchev–Trinajstić information content (AvgIpc) is 3.22. The number of amides is 1. The third-order valence-corrected chi connectivity index (χ3v) is 5.46. The summed E-state index contributed by atoms with van der Waals surface area (Å²) in [7, 11) is -2.26. The highest BCUT2D eigenvalue weighted by Gasteiger charge is 2.17. The van der Waals surface area contributed by atoms with E-state index >= 15 is 0 Å². The molecule has 0 saturated carbocycles. The number of benzene rings is 2. The summed E-state index contributed by atoms with van der Waals surface area (Å²) in [5, 5.41) is 6.97. The summed E-state index contributed by atoms with van der Waals surface area (Å²) in [4.78, 5) is 12.1. The van der Waals surface area contributed by atoms with E-state index in [2.05, 4.69) is 15.1 Å². The molecule has 1 heterocycles. The molecule has 0 aliphatic rings. The van der Waals surface area contributed by atoms with Gasteiger partial charge in [0.05, 0.1) is 31.1 Å². The fraction of sp³-hybridized carbons (Fsp3) is 0.273. The lowest BCUT2D eigenvalue weighted by Gasteiger charge is -2.11. The number of hydrogen-bond acceptors (Lipinski definition) is 6. The fourth-order valence-electron chi connectivity index (χ4n) is 2.84. The molecule has 170 valence electrons. The molecule has 0 aliphatic heterocycles. The van der Waals surface area contributed by atoms with Gasteiger partial charge in [-0.3, -0.25) is 9.52 Å². The number of nitrogens with one attached hydrogen (secondary N) is 2. The van der Waals surface area contributed by atoms with Crippen molar-refractivity contribution in [1.82, 2.24) is 15.1 Å². The van der Waals surface area contributed by atoms with E-state index in [4.69, 9.17) is 9.47 Å². The number of hydrogen-bond donors (Lipinski definition) is 2. The minimum absolute atomic E-state index is 0.0174. The molecule has 2 aromatic carbocycles. The number of carbonyl (C=O) groups excluding carboxylic acids is 1. The van der Waals surface area contributed by atoms with Gasteiger partial charge in [0.25, 0.3) is 0 Å². The van der Waals surface area contributed by atoms with E-state index in [0.29, 0.717) is 17.1 Å². The van der Waals surface area contributed by atoms with E-state index < -0.39 is 21.7 Å². The van der Waals surface area contributed by atoms with Gasteiger partial charge in [-0.1, -0.05) is 0 Å². The van der Waals surface area contributed by atoms with Gasteiger partial charge in [-0.2, -0.15) is 5.10 Å². The van der Waals surface area contributed by atoms with E-state index in [1.54, 1.807) is 48.3 Å². The van der Waals surface area contributed by atoms with Gasteiger partial charge in [0.2, 0.25) is 15.9 Å². The Morgan fingerprint density at radius 1 is 1.03 bits per heavy atom. The Bertz CT molecular complexity index is 1140. The first-order chi connectivity index (χ1) is 15.2. The number of aromatic nitrogens is 2. The Hall–Kier alpha value is -3.53. The average molecular weight is 459 g/mol. The summed E-state index contributed by atoms with van der Waals surface area (Å²) in [5.74, 6) is 0.0465. The quantitative estimate of drug-likeness (QED) is 0.483. The molecule has 0 radical (unpaired) electrons. The highest BCUT2D eigenvalue weighted by Crippen LogP contribution is 2.18. The van der Waals surface area contributed by atoms with Crippen molar-refractivity contribution in [3.8, 4) is 17.2 Å². The van der Waals surface area contributed by atoms with Crippen molar-refractivity contribution in [1.29, 1.82) is 0 Å². The fourth-order valence-corrected chi connectivity index (χ4v) is 3.85. The molecule has 0 spiro atoms. The third-order valence-electron chi connectivity index (χ3n) is 4.27. The zero-order chi connectivity index (χ0) is 23.1. The van der Waals surface area contributed by atoms with Crippen LogP contribution in [-0.4, -0.2) is 43.1 Å². The molecule has 32 heavy (non-hydrogen) atoms. The predicted molar refractivity (Wildman–Crippen MR) is 122 cm³/mol. The SMILES string of the molecule is COc1ccc(-n2ccc(CNC(=O)CS(=O)(=O)Nc3ccc(OC(C)C)cc3)n2)cc1. The van der Waals surface area contributed by atoms with Crippen molar-refractivity contribution < 1.29 is 22.7 Å². The normalized spacial score (nSPS) is 11.2. The Balaban J connectivity index is 1.51. The number of nitrogens with zero attached hydrogens (tertiary/aromatic N) is 2. The smallest absolute Gasteiger partial charge is 0.241 e. The summed E-state index contributed by atoms with van der Waals surface area (Å²) in [6.45, 7) is 3.91. The molecule has 1 aromatic heterocycles. The van der Waals surface area contributed by atoms with Crippen LogP contribution in [0.4, 0.5) is 5.69 Å². The monoisotopic (exact) mass is 458 g/mol. The van der Waals surface area contributed by atoms with Crippen LogP contribution in [0.2, 0.25) is 0 Å². The van der Waals surface area contributed by atoms with Gasteiger partial charge in [0.1, 0.15) is 17.3 Å². The molecule has 0 aliphatic carbocycles. The molecule has 2 N–H and O–H groups in total. The van der Waals surface area contributed by atoms with Crippen LogP contribution in [0.3, 0.4) is 0 Å². The molecule has 9 nitrogen and oxygen atoms in total. The Labute approximate surface area is 187 Å². The largest absolute Gasteiger partial charge is 0.497 e. The highest BCUT2D eigenvalue weighted by molar-refractivity contribution is 7.93. The number of carbonyl (C=O) groups is 1. The van der Waals surface area contributed by atoms with E-state index in [1.165, 1.54) is 0 Å². The highest BCUT2D eigenvalue weighted by atomic mass is 32.2. The van der Waals surface area contributed by atoms with Crippen LogP contribution in [0.15, 0.2) is 60.8 Å². The number of sulfonamides is 1. The molecule has 1 amide bonds.